The maximum Gasteiger partial charge on any atom is 0.167 e. The molecule has 0 unspecified atom stereocenters. The van der Waals surface area contributed by atoms with Crippen molar-refractivity contribution < 1.29 is 9.18 Å². The van der Waals surface area contributed by atoms with E-state index in [1.807, 2.05) is 12.1 Å². The van der Waals surface area contributed by atoms with Crippen LogP contribution in [0.1, 0.15) is 21.5 Å². The Morgan fingerprint density at radius 3 is 2.50 bits per heavy atom. The fourth-order valence-corrected chi connectivity index (χ4v) is 2.36. The van der Waals surface area contributed by atoms with Crippen molar-refractivity contribution in [3.63, 3.8) is 0 Å². The van der Waals surface area contributed by atoms with E-state index in [2.05, 4.69) is 15.9 Å². The predicted octanol–water partition coefficient (Wildman–Crippen LogP) is 3.51. The zero-order chi connectivity index (χ0) is 14.5. The van der Waals surface area contributed by atoms with Crippen LogP contribution in [0.4, 0.5) is 4.39 Å². The van der Waals surface area contributed by atoms with Gasteiger partial charge in [0.1, 0.15) is 5.82 Å². The van der Waals surface area contributed by atoms with Crippen molar-refractivity contribution >= 4 is 21.7 Å². The molecule has 20 heavy (non-hydrogen) atoms. The third-order valence-corrected chi connectivity index (χ3v) is 3.84. The van der Waals surface area contributed by atoms with Gasteiger partial charge >= 0.3 is 0 Å². The van der Waals surface area contributed by atoms with Crippen LogP contribution in [0.2, 0.25) is 0 Å². The minimum absolute atomic E-state index is 0.0319. The Hall–Kier alpha value is -1.52. The largest absolute Gasteiger partial charge is 0.330 e. The van der Waals surface area contributed by atoms with Gasteiger partial charge in [0.05, 0.1) is 0 Å². The number of rotatable bonds is 5. The minimum Gasteiger partial charge on any atom is -0.330 e. The highest BCUT2D eigenvalue weighted by molar-refractivity contribution is 9.10. The smallest absolute Gasteiger partial charge is 0.167 e. The Labute approximate surface area is 125 Å². The van der Waals surface area contributed by atoms with Gasteiger partial charge in [-0.3, -0.25) is 4.79 Å². The van der Waals surface area contributed by atoms with Gasteiger partial charge < -0.3 is 5.73 Å². The van der Waals surface area contributed by atoms with Crippen LogP contribution in [0.15, 0.2) is 46.9 Å². The molecule has 0 fully saturated rings. The summed E-state index contributed by atoms with van der Waals surface area (Å²) in [5, 5.41) is 0. The molecule has 0 radical (unpaired) electrons. The zero-order valence-corrected chi connectivity index (χ0v) is 12.5. The summed E-state index contributed by atoms with van der Waals surface area (Å²) in [5.41, 5.74) is 7.87. The molecule has 0 aromatic heterocycles. The number of nitrogens with two attached hydrogens (primary N) is 1. The molecule has 0 atom stereocenters. The van der Waals surface area contributed by atoms with Gasteiger partial charge in [0, 0.05) is 16.5 Å². The van der Waals surface area contributed by atoms with Gasteiger partial charge in [0.25, 0.3) is 0 Å². The average molecular weight is 336 g/mol. The molecule has 2 N–H and O–H groups in total. The van der Waals surface area contributed by atoms with Gasteiger partial charge in [-0.25, -0.2) is 4.39 Å². The van der Waals surface area contributed by atoms with E-state index < -0.39 is 0 Å². The molecule has 0 aliphatic rings. The summed E-state index contributed by atoms with van der Waals surface area (Å²) < 4.78 is 13.9. The Morgan fingerprint density at radius 1 is 1.15 bits per heavy atom. The second-order valence-electron chi connectivity index (χ2n) is 4.57. The Kier molecular flexibility index (Phi) is 5.04. The van der Waals surface area contributed by atoms with Crippen molar-refractivity contribution in [2.75, 3.05) is 6.54 Å². The lowest BCUT2D eigenvalue weighted by molar-refractivity contribution is 0.0993. The molecule has 0 aliphatic carbocycles. The van der Waals surface area contributed by atoms with Gasteiger partial charge in [0.15, 0.2) is 5.78 Å². The fourth-order valence-electron chi connectivity index (χ4n) is 1.98. The molecule has 0 saturated carbocycles. The van der Waals surface area contributed by atoms with Crippen LogP contribution in [0.25, 0.3) is 0 Å². The molecule has 0 bridgehead atoms. The molecule has 0 aliphatic heterocycles. The van der Waals surface area contributed by atoms with Crippen LogP contribution in [0.5, 0.6) is 0 Å². The first-order valence-electron chi connectivity index (χ1n) is 6.36. The van der Waals surface area contributed by atoms with Gasteiger partial charge in [-0.1, -0.05) is 40.2 Å². The highest BCUT2D eigenvalue weighted by Crippen LogP contribution is 2.20. The van der Waals surface area contributed by atoms with E-state index >= 15 is 0 Å². The fraction of sp³-hybridized carbons (Fsp3) is 0.188. The third kappa shape index (κ3) is 3.74. The van der Waals surface area contributed by atoms with E-state index in [-0.39, 0.29) is 18.0 Å². The molecule has 2 aromatic carbocycles. The lowest BCUT2D eigenvalue weighted by atomic mass is 10.0. The summed E-state index contributed by atoms with van der Waals surface area (Å²) in [7, 11) is 0. The van der Waals surface area contributed by atoms with Crippen LogP contribution >= 0.6 is 15.9 Å². The summed E-state index contributed by atoms with van der Waals surface area (Å²) in [6.45, 7) is 0.587. The number of halogens is 2. The molecular formula is C16H15BrFNO. The summed E-state index contributed by atoms with van der Waals surface area (Å²) in [6.07, 6.45) is 0.971. The molecule has 0 amide bonds. The number of carbonyl (C=O) groups excluding carboxylic acids is 1. The molecular weight excluding hydrogens is 321 g/mol. The molecule has 0 heterocycles. The van der Waals surface area contributed by atoms with Crippen molar-refractivity contribution in [1.29, 1.82) is 0 Å². The van der Waals surface area contributed by atoms with Crippen molar-refractivity contribution in [2.24, 2.45) is 5.73 Å². The highest BCUT2D eigenvalue weighted by Gasteiger charge is 2.10. The predicted molar refractivity (Wildman–Crippen MR) is 81.3 cm³/mol. The van der Waals surface area contributed by atoms with Crippen LogP contribution in [-0.4, -0.2) is 12.3 Å². The van der Waals surface area contributed by atoms with Crippen LogP contribution in [0, 0.1) is 5.82 Å². The molecule has 2 nitrogen and oxygen atoms in total. The molecule has 0 spiro atoms. The zero-order valence-electron chi connectivity index (χ0n) is 10.9. The normalized spacial score (nSPS) is 10.6. The summed E-state index contributed by atoms with van der Waals surface area (Å²) in [5.74, 6) is -0.370. The van der Waals surface area contributed by atoms with Gasteiger partial charge in [-0.15, -0.1) is 0 Å². The second-order valence-corrected chi connectivity index (χ2v) is 5.43. The highest BCUT2D eigenvalue weighted by atomic mass is 79.9. The van der Waals surface area contributed by atoms with Crippen molar-refractivity contribution in [2.45, 2.75) is 12.8 Å². The molecule has 104 valence electrons. The van der Waals surface area contributed by atoms with E-state index in [0.717, 1.165) is 16.5 Å². The number of hydrogen-bond acceptors (Lipinski definition) is 2. The van der Waals surface area contributed by atoms with Crippen LogP contribution < -0.4 is 5.73 Å². The molecule has 4 heteroatoms. The first kappa shape index (κ1) is 14.9. The summed E-state index contributed by atoms with van der Waals surface area (Å²) >= 11 is 3.33. The van der Waals surface area contributed by atoms with Gasteiger partial charge in [-0.2, -0.15) is 0 Å². The van der Waals surface area contributed by atoms with Crippen LogP contribution in [-0.2, 0) is 12.8 Å². The first-order valence-corrected chi connectivity index (χ1v) is 7.15. The van der Waals surface area contributed by atoms with E-state index in [1.165, 1.54) is 12.1 Å². The van der Waals surface area contributed by atoms with E-state index in [9.17, 15) is 9.18 Å². The Balaban J connectivity index is 2.13. The monoisotopic (exact) mass is 335 g/mol. The summed E-state index contributed by atoms with van der Waals surface area (Å²) in [6, 6.07) is 11.7. The number of carbonyl (C=O) groups is 1. The lowest BCUT2D eigenvalue weighted by Gasteiger charge is -2.05. The average Bonchev–Trinajstić information content (AvgIpc) is 2.44. The number of Topliss-reactive ketones (excluding diaryl/α,β-unsaturated/α-hetero) is 1. The maximum absolute atomic E-state index is 13.2. The third-order valence-electron chi connectivity index (χ3n) is 3.07. The molecule has 2 rings (SSSR count). The van der Waals surface area contributed by atoms with Crippen molar-refractivity contribution in [1.82, 2.24) is 0 Å². The van der Waals surface area contributed by atoms with E-state index in [0.29, 0.717) is 17.7 Å². The molecule has 2 aromatic rings. The van der Waals surface area contributed by atoms with E-state index in [1.54, 1.807) is 18.2 Å². The second kappa shape index (κ2) is 6.77. The van der Waals surface area contributed by atoms with Gasteiger partial charge in [-0.05, 0) is 42.3 Å². The quantitative estimate of drug-likeness (QED) is 0.849. The minimum atomic E-state index is -0.339. The number of benzene rings is 2. The Bertz CT molecular complexity index is 610. The van der Waals surface area contributed by atoms with Crippen LogP contribution in [0.3, 0.4) is 0 Å². The SMILES string of the molecule is NCCc1ccc(C(=O)Cc2cc(F)ccc2Br)cc1. The van der Waals surface area contributed by atoms with Gasteiger partial charge in [0.2, 0.25) is 0 Å². The first-order chi connectivity index (χ1) is 9.60. The lowest BCUT2D eigenvalue weighted by Crippen LogP contribution is -2.06. The standard InChI is InChI=1S/C16H15BrFNO/c17-15-6-5-14(18)9-13(15)10-16(20)12-3-1-11(2-4-12)7-8-19/h1-6,9H,7-8,10,19H2. The molecule has 0 saturated heterocycles. The van der Waals surface area contributed by atoms with E-state index in [4.69, 9.17) is 5.73 Å². The topological polar surface area (TPSA) is 43.1 Å². The van der Waals surface area contributed by atoms with Crippen molar-refractivity contribution in [3.8, 4) is 0 Å². The Morgan fingerprint density at radius 2 is 1.85 bits per heavy atom. The summed E-state index contributed by atoms with van der Waals surface area (Å²) in [4.78, 5) is 12.2. The maximum atomic E-state index is 13.2. The van der Waals surface area contributed by atoms with Crippen molar-refractivity contribution in [3.05, 3.63) is 69.4 Å². The number of hydrogen-bond donors (Lipinski definition) is 1. The number of ketones is 1.